The van der Waals surface area contributed by atoms with Crippen LogP contribution in [-0.2, 0) is 0 Å². The first-order valence-corrected chi connectivity index (χ1v) is 4.87. The Morgan fingerprint density at radius 1 is 1.00 bits per heavy atom. The molecule has 0 aliphatic heterocycles. The number of hydrogen-bond acceptors (Lipinski definition) is 1. The molecule has 0 aliphatic rings. The maximum Gasteiger partial charge on any atom is 0.155 e. The Bertz CT molecular complexity index is 482. The van der Waals surface area contributed by atoms with E-state index in [0.717, 1.165) is 5.56 Å². The lowest BCUT2D eigenvalue weighted by Crippen LogP contribution is -1.94. The predicted molar refractivity (Wildman–Crippen MR) is 61.3 cm³/mol. The number of nitrogens with two attached hydrogens (primary N) is 1. The van der Waals surface area contributed by atoms with E-state index in [4.69, 9.17) is 17.3 Å². The van der Waals surface area contributed by atoms with Gasteiger partial charge in [0.1, 0.15) is 0 Å². The van der Waals surface area contributed by atoms with Crippen molar-refractivity contribution in [2.24, 2.45) is 0 Å². The summed E-state index contributed by atoms with van der Waals surface area (Å²) < 4.78 is 13.7. The van der Waals surface area contributed by atoms with Crippen LogP contribution in [0, 0.1) is 5.82 Å². The summed E-state index contributed by atoms with van der Waals surface area (Å²) in [5.74, 6) is -0.464. The molecule has 2 N–H and O–H groups in total. The van der Waals surface area contributed by atoms with Crippen LogP contribution in [-0.4, -0.2) is 0 Å². The number of benzene rings is 2. The Hall–Kier alpha value is -1.54. The normalized spacial score (nSPS) is 10.3. The van der Waals surface area contributed by atoms with Gasteiger partial charge in [-0.2, -0.15) is 0 Å². The first-order valence-electron chi connectivity index (χ1n) is 4.49. The lowest BCUT2D eigenvalue weighted by molar-refractivity contribution is 0.636. The van der Waals surface area contributed by atoms with Gasteiger partial charge in [0.25, 0.3) is 0 Å². The van der Waals surface area contributed by atoms with Crippen molar-refractivity contribution < 1.29 is 4.39 Å². The Morgan fingerprint density at radius 2 is 1.67 bits per heavy atom. The molecule has 0 unspecified atom stereocenters. The first-order chi connectivity index (χ1) is 7.20. The zero-order valence-corrected chi connectivity index (χ0v) is 8.63. The highest BCUT2D eigenvalue weighted by Gasteiger charge is 2.10. The zero-order valence-electron chi connectivity index (χ0n) is 7.87. The molecule has 0 spiro atoms. The second-order valence-electron chi connectivity index (χ2n) is 3.19. The number of nitrogen functional groups attached to an aromatic ring is 1. The van der Waals surface area contributed by atoms with Crippen molar-refractivity contribution in [2.75, 3.05) is 5.73 Å². The fourth-order valence-corrected chi connectivity index (χ4v) is 1.56. The van der Waals surface area contributed by atoms with Crippen molar-refractivity contribution in [3.63, 3.8) is 0 Å². The number of rotatable bonds is 1. The van der Waals surface area contributed by atoms with E-state index < -0.39 is 5.82 Å². The number of anilines is 1. The Morgan fingerprint density at radius 3 is 2.33 bits per heavy atom. The molecule has 0 bridgehead atoms. The van der Waals surface area contributed by atoms with E-state index in [9.17, 15) is 4.39 Å². The van der Waals surface area contributed by atoms with Crippen molar-refractivity contribution in [1.82, 2.24) is 0 Å². The Labute approximate surface area is 92.3 Å². The third-order valence-electron chi connectivity index (χ3n) is 2.21. The Kier molecular flexibility index (Phi) is 2.60. The summed E-state index contributed by atoms with van der Waals surface area (Å²) >= 11 is 5.71. The van der Waals surface area contributed by atoms with Gasteiger partial charge in [-0.15, -0.1) is 0 Å². The fourth-order valence-electron chi connectivity index (χ4n) is 1.41. The summed E-state index contributed by atoms with van der Waals surface area (Å²) in [6, 6.07) is 12.4. The van der Waals surface area contributed by atoms with Crippen LogP contribution in [0.3, 0.4) is 0 Å². The smallest absolute Gasteiger partial charge is 0.155 e. The van der Waals surface area contributed by atoms with Crippen LogP contribution in [0.1, 0.15) is 0 Å². The van der Waals surface area contributed by atoms with Crippen LogP contribution < -0.4 is 5.73 Å². The van der Waals surface area contributed by atoms with Crippen LogP contribution >= 0.6 is 11.6 Å². The highest BCUT2D eigenvalue weighted by atomic mass is 35.5. The molecule has 1 nitrogen and oxygen atoms in total. The van der Waals surface area contributed by atoms with E-state index in [1.54, 1.807) is 12.1 Å². The van der Waals surface area contributed by atoms with Gasteiger partial charge >= 0.3 is 0 Å². The molecule has 0 radical (unpaired) electrons. The topological polar surface area (TPSA) is 26.0 Å². The Balaban J connectivity index is 2.60. The first kappa shape index (κ1) is 9.99. The maximum atomic E-state index is 13.7. The molecule has 0 heterocycles. The average Bonchev–Trinajstić information content (AvgIpc) is 2.27. The van der Waals surface area contributed by atoms with Crippen molar-refractivity contribution in [3.05, 3.63) is 53.3 Å². The van der Waals surface area contributed by atoms with Gasteiger partial charge in [-0.25, -0.2) is 4.39 Å². The van der Waals surface area contributed by atoms with Gasteiger partial charge in [0.15, 0.2) is 5.82 Å². The van der Waals surface area contributed by atoms with Crippen LogP contribution in [0.15, 0.2) is 42.5 Å². The van der Waals surface area contributed by atoms with E-state index in [1.807, 2.05) is 30.3 Å². The second-order valence-corrected chi connectivity index (χ2v) is 3.60. The molecule has 0 amide bonds. The summed E-state index contributed by atoms with van der Waals surface area (Å²) in [5, 5.41) is 0.243. The predicted octanol–water partition coefficient (Wildman–Crippen LogP) is 3.73. The molecular formula is C12H9ClFN. The summed E-state index contributed by atoms with van der Waals surface area (Å²) in [7, 11) is 0. The minimum absolute atomic E-state index is 0.00183. The van der Waals surface area contributed by atoms with Crippen molar-refractivity contribution in [3.8, 4) is 11.1 Å². The largest absolute Gasteiger partial charge is 0.395 e. The van der Waals surface area contributed by atoms with Crippen molar-refractivity contribution >= 4 is 17.3 Å². The van der Waals surface area contributed by atoms with E-state index in [2.05, 4.69) is 0 Å². The van der Waals surface area contributed by atoms with Gasteiger partial charge in [-0.3, -0.25) is 0 Å². The van der Waals surface area contributed by atoms with E-state index in [0.29, 0.717) is 5.56 Å². The van der Waals surface area contributed by atoms with Crippen LogP contribution in [0.4, 0.5) is 10.1 Å². The molecule has 15 heavy (non-hydrogen) atoms. The third-order valence-corrected chi connectivity index (χ3v) is 2.54. The second kappa shape index (κ2) is 3.91. The molecule has 3 heteroatoms. The highest BCUT2D eigenvalue weighted by molar-refractivity contribution is 6.33. The van der Waals surface area contributed by atoms with Gasteiger partial charge in [0, 0.05) is 5.56 Å². The molecular weight excluding hydrogens is 213 g/mol. The summed E-state index contributed by atoms with van der Waals surface area (Å²) in [5.41, 5.74) is 6.77. The molecule has 2 rings (SSSR count). The monoisotopic (exact) mass is 221 g/mol. The fraction of sp³-hybridized carbons (Fsp3) is 0. The van der Waals surface area contributed by atoms with E-state index in [1.165, 1.54) is 0 Å². The van der Waals surface area contributed by atoms with Crippen LogP contribution in [0.2, 0.25) is 5.02 Å². The van der Waals surface area contributed by atoms with Gasteiger partial charge in [0.05, 0.1) is 10.7 Å². The standard InChI is InChI=1S/C12H9ClFN/c13-10-7-6-9(11(14)12(10)15)8-4-2-1-3-5-8/h1-7H,15H2. The van der Waals surface area contributed by atoms with Crippen molar-refractivity contribution in [1.29, 1.82) is 0 Å². The lowest BCUT2D eigenvalue weighted by atomic mass is 10.0. The van der Waals surface area contributed by atoms with E-state index in [-0.39, 0.29) is 10.7 Å². The van der Waals surface area contributed by atoms with Gasteiger partial charge in [-0.05, 0) is 17.7 Å². The molecule has 76 valence electrons. The molecule has 0 atom stereocenters. The zero-order chi connectivity index (χ0) is 10.8. The van der Waals surface area contributed by atoms with Gasteiger partial charge in [0.2, 0.25) is 0 Å². The molecule has 0 saturated carbocycles. The summed E-state index contributed by atoms with van der Waals surface area (Å²) in [6.07, 6.45) is 0. The minimum Gasteiger partial charge on any atom is -0.395 e. The maximum absolute atomic E-state index is 13.7. The number of hydrogen-bond donors (Lipinski definition) is 1. The summed E-state index contributed by atoms with van der Waals surface area (Å²) in [4.78, 5) is 0. The molecule has 2 aromatic carbocycles. The third kappa shape index (κ3) is 1.81. The highest BCUT2D eigenvalue weighted by Crippen LogP contribution is 2.30. The van der Waals surface area contributed by atoms with E-state index >= 15 is 0 Å². The minimum atomic E-state index is -0.464. The molecule has 0 fully saturated rings. The molecule has 0 saturated heterocycles. The van der Waals surface area contributed by atoms with Gasteiger partial charge in [-0.1, -0.05) is 41.9 Å². The van der Waals surface area contributed by atoms with Crippen LogP contribution in [0.25, 0.3) is 11.1 Å². The molecule has 0 aliphatic carbocycles. The summed E-state index contributed by atoms with van der Waals surface area (Å²) in [6.45, 7) is 0. The van der Waals surface area contributed by atoms with Gasteiger partial charge < -0.3 is 5.73 Å². The molecule has 0 aromatic heterocycles. The SMILES string of the molecule is Nc1c(Cl)ccc(-c2ccccc2)c1F. The quantitative estimate of drug-likeness (QED) is 0.730. The average molecular weight is 222 g/mol. The van der Waals surface area contributed by atoms with Crippen LogP contribution in [0.5, 0.6) is 0 Å². The number of halogens is 2. The van der Waals surface area contributed by atoms with Crippen molar-refractivity contribution in [2.45, 2.75) is 0 Å². The lowest BCUT2D eigenvalue weighted by Gasteiger charge is -2.06. The molecule has 2 aromatic rings.